The number of carbonyl (C=O) groups excluding carboxylic acids is 3. The SMILES string of the molecule is COC(=O)c1c(CC(=O)NC(C)c2ccc(-c3ccccc3)cc2)[nH]c(C(C)=O)c1C. The van der Waals surface area contributed by atoms with Gasteiger partial charge in [-0.1, -0.05) is 54.6 Å². The molecular formula is C25H26N2O4. The molecule has 0 aliphatic heterocycles. The average Bonchev–Trinajstić information content (AvgIpc) is 3.09. The first-order valence-corrected chi connectivity index (χ1v) is 10.1. The molecule has 0 saturated carbocycles. The molecule has 6 nitrogen and oxygen atoms in total. The molecule has 2 aromatic carbocycles. The van der Waals surface area contributed by atoms with Gasteiger partial charge in [0.2, 0.25) is 5.91 Å². The largest absolute Gasteiger partial charge is 0.465 e. The van der Waals surface area contributed by atoms with Crippen molar-refractivity contribution in [2.45, 2.75) is 33.2 Å². The molecule has 1 atom stereocenters. The van der Waals surface area contributed by atoms with Gasteiger partial charge >= 0.3 is 5.97 Å². The van der Waals surface area contributed by atoms with Gasteiger partial charge in [0.15, 0.2) is 5.78 Å². The first-order chi connectivity index (χ1) is 14.8. The van der Waals surface area contributed by atoms with E-state index in [2.05, 4.69) is 10.3 Å². The van der Waals surface area contributed by atoms with Crippen LogP contribution in [0.25, 0.3) is 11.1 Å². The Kier molecular flexibility index (Phi) is 6.70. The first-order valence-electron chi connectivity index (χ1n) is 10.1. The van der Waals surface area contributed by atoms with Crippen molar-refractivity contribution in [3.63, 3.8) is 0 Å². The molecule has 0 fully saturated rings. The predicted octanol–water partition coefficient (Wildman–Crippen LogP) is 4.40. The number of aromatic nitrogens is 1. The van der Waals surface area contributed by atoms with Gasteiger partial charge in [-0.25, -0.2) is 4.79 Å². The number of nitrogens with one attached hydrogen (secondary N) is 2. The number of hydrogen-bond acceptors (Lipinski definition) is 4. The van der Waals surface area contributed by atoms with Gasteiger partial charge in [0.1, 0.15) is 0 Å². The van der Waals surface area contributed by atoms with E-state index < -0.39 is 5.97 Å². The van der Waals surface area contributed by atoms with Crippen LogP contribution < -0.4 is 5.32 Å². The van der Waals surface area contributed by atoms with Crippen LogP contribution in [0.5, 0.6) is 0 Å². The molecular weight excluding hydrogens is 392 g/mol. The average molecular weight is 418 g/mol. The zero-order chi connectivity index (χ0) is 22.5. The van der Waals surface area contributed by atoms with Gasteiger partial charge in [-0.2, -0.15) is 0 Å². The van der Waals surface area contributed by atoms with Crippen molar-refractivity contribution in [3.8, 4) is 11.1 Å². The molecule has 1 amide bonds. The highest BCUT2D eigenvalue weighted by Gasteiger charge is 2.24. The molecule has 0 radical (unpaired) electrons. The summed E-state index contributed by atoms with van der Waals surface area (Å²) in [6.07, 6.45) is -0.0645. The Morgan fingerprint density at radius 3 is 2.19 bits per heavy atom. The highest BCUT2D eigenvalue weighted by Crippen LogP contribution is 2.23. The van der Waals surface area contributed by atoms with Gasteiger partial charge in [0.05, 0.1) is 30.8 Å². The normalized spacial score (nSPS) is 11.6. The fourth-order valence-corrected chi connectivity index (χ4v) is 3.65. The standard InChI is InChI=1S/C25H26N2O4/c1-15-23(25(30)31-4)21(27-24(15)17(3)28)14-22(29)26-16(2)18-10-12-20(13-11-18)19-8-6-5-7-9-19/h5-13,16,27H,14H2,1-4H3,(H,26,29). The third-order valence-electron chi connectivity index (χ3n) is 5.30. The van der Waals surface area contributed by atoms with Gasteiger partial charge in [-0.15, -0.1) is 0 Å². The second-order valence-corrected chi connectivity index (χ2v) is 7.48. The number of aromatic amines is 1. The number of methoxy groups -OCH3 is 1. The van der Waals surface area contributed by atoms with Crippen molar-refractivity contribution < 1.29 is 19.1 Å². The number of amides is 1. The third-order valence-corrected chi connectivity index (χ3v) is 5.30. The number of hydrogen-bond donors (Lipinski definition) is 2. The number of esters is 1. The van der Waals surface area contributed by atoms with E-state index in [1.54, 1.807) is 6.92 Å². The van der Waals surface area contributed by atoms with Crippen molar-refractivity contribution in [3.05, 3.63) is 82.7 Å². The van der Waals surface area contributed by atoms with Crippen LogP contribution in [0.2, 0.25) is 0 Å². The van der Waals surface area contributed by atoms with Gasteiger partial charge in [-0.05, 0) is 36.1 Å². The molecule has 0 saturated heterocycles. The van der Waals surface area contributed by atoms with Crippen LogP contribution in [0.4, 0.5) is 0 Å². The van der Waals surface area contributed by atoms with Crippen molar-refractivity contribution in [1.29, 1.82) is 0 Å². The van der Waals surface area contributed by atoms with Gasteiger partial charge in [-0.3, -0.25) is 9.59 Å². The summed E-state index contributed by atoms with van der Waals surface area (Å²) in [5, 5.41) is 2.95. The van der Waals surface area contributed by atoms with Crippen molar-refractivity contribution in [2.75, 3.05) is 7.11 Å². The number of ether oxygens (including phenoxy) is 1. The molecule has 6 heteroatoms. The van der Waals surface area contributed by atoms with Crippen LogP contribution >= 0.6 is 0 Å². The van der Waals surface area contributed by atoms with Gasteiger partial charge in [0.25, 0.3) is 0 Å². The Labute approximate surface area is 181 Å². The van der Waals surface area contributed by atoms with Crippen molar-refractivity contribution in [2.24, 2.45) is 0 Å². The number of benzene rings is 2. The third kappa shape index (κ3) is 4.91. The fourth-order valence-electron chi connectivity index (χ4n) is 3.65. The topological polar surface area (TPSA) is 88.3 Å². The van der Waals surface area contributed by atoms with Crippen molar-refractivity contribution >= 4 is 17.7 Å². The molecule has 3 aromatic rings. The number of carbonyl (C=O) groups is 3. The summed E-state index contributed by atoms with van der Waals surface area (Å²) in [4.78, 5) is 39.6. The zero-order valence-electron chi connectivity index (χ0n) is 18.1. The monoisotopic (exact) mass is 418 g/mol. The Bertz CT molecular complexity index is 1100. The van der Waals surface area contributed by atoms with E-state index in [-0.39, 0.29) is 29.7 Å². The van der Waals surface area contributed by atoms with Gasteiger partial charge < -0.3 is 15.0 Å². The second-order valence-electron chi connectivity index (χ2n) is 7.48. The lowest BCUT2D eigenvalue weighted by Crippen LogP contribution is -2.28. The molecule has 31 heavy (non-hydrogen) atoms. The number of rotatable bonds is 7. The van der Waals surface area contributed by atoms with Crippen LogP contribution in [-0.2, 0) is 16.0 Å². The Morgan fingerprint density at radius 2 is 1.61 bits per heavy atom. The van der Waals surface area contributed by atoms with E-state index >= 15 is 0 Å². The lowest BCUT2D eigenvalue weighted by molar-refractivity contribution is -0.121. The molecule has 1 aromatic heterocycles. The molecule has 1 heterocycles. The highest BCUT2D eigenvalue weighted by atomic mass is 16.5. The molecule has 0 spiro atoms. The Balaban J connectivity index is 1.73. The minimum atomic E-state index is -0.575. The summed E-state index contributed by atoms with van der Waals surface area (Å²) in [6, 6.07) is 17.9. The summed E-state index contributed by atoms with van der Waals surface area (Å²) < 4.78 is 4.83. The number of Topliss-reactive ketones (excluding diaryl/α,β-unsaturated/α-hetero) is 1. The molecule has 0 aliphatic carbocycles. The van der Waals surface area contributed by atoms with Crippen LogP contribution in [0, 0.1) is 6.92 Å². The molecule has 1 unspecified atom stereocenters. The number of ketones is 1. The van der Waals surface area contributed by atoms with Crippen LogP contribution in [0.15, 0.2) is 54.6 Å². The first kappa shape index (κ1) is 22.0. The van der Waals surface area contributed by atoms with Gasteiger partial charge in [0, 0.05) is 12.6 Å². The lowest BCUT2D eigenvalue weighted by Gasteiger charge is -2.15. The maximum atomic E-state index is 12.7. The van der Waals surface area contributed by atoms with E-state index in [1.165, 1.54) is 14.0 Å². The van der Waals surface area contributed by atoms with E-state index in [0.717, 1.165) is 16.7 Å². The summed E-state index contributed by atoms with van der Waals surface area (Å²) in [5.41, 5.74) is 4.61. The summed E-state index contributed by atoms with van der Waals surface area (Å²) in [7, 11) is 1.27. The van der Waals surface area contributed by atoms with E-state index in [1.807, 2.05) is 61.5 Å². The second kappa shape index (κ2) is 9.43. The Hall–Kier alpha value is -3.67. The van der Waals surface area contributed by atoms with Crippen LogP contribution in [0.1, 0.15) is 57.6 Å². The molecule has 2 N–H and O–H groups in total. The smallest absolute Gasteiger partial charge is 0.339 e. The molecule has 0 aliphatic rings. The molecule has 3 rings (SSSR count). The molecule has 160 valence electrons. The molecule has 0 bridgehead atoms. The number of H-pyrrole nitrogens is 1. The lowest BCUT2D eigenvalue weighted by atomic mass is 10.0. The van der Waals surface area contributed by atoms with Crippen LogP contribution in [0.3, 0.4) is 0 Å². The quantitative estimate of drug-likeness (QED) is 0.440. The van der Waals surface area contributed by atoms with E-state index in [9.17, 15) is 14.4 Å². The van der Waals surface area contributed by atoms with Crippen molar-refractivity contribution in [1.82, 2.24) is 10.3 Å². The highest BCUT2D eigenvalue weighted by molar-refractivity contribution is 6.01. The summed E-state index contributed by atoms with van der Waals surface area (Å²) in [6.45, 7) is 4.97. The summed E-state index contributed by atoms with van der Waals surface area (Å²) in [5.74, 6) is -1.05. The Morgan fingerprint density at radius 1 is 1.00 bits per heavy atom. The maximum absolute atomic E-state index is 12.7. The zero-order valence-corrected chi connectivity index (χ0v) is 18.1. The fraction of sp³-hybridized carbons (Fsp3) is 0.240. The summed E-state index contributed by atoms with van der Waals surface area (Å²) >= 11 is 0. The predicted molar refractivity (Wildman–Crippen MR) is 119 cm³/mol. The minimum Gasteiger partial charge on any atom is -0.465 e. The minimum absolute atomic E-state index is 0.0645. The van der Waals surface area contributed by atoms with E-state index in [0.29, 0.717) is 17.0 Å². The van der Waals surface area contributed by atoms with Crippen LogP contribution in [-0.4, -0.2) is 29.8 Å². The maximum Gasteiger partial charge on any atom is 0.339 e. The van der Waals surface area contributed by atoms with E-state index in [4.69, 9.17) is 4.74 Å².